The van der Waals surface area contributed by atoms with Gasteiger partial charge in [-0.1, -0.05) is 23.5 Å². The number of nitrogens with two attached hydrogens (primary N) is 1. The Morgan fingerprint density at radius 1 is 1.47 bits per heavy atom. The standard InChI is InChI=1S/C13H14N2O3S/c1-3-18-12(16)10-11(19-13(14)15-10)8-5-4-6-9(7-8)17-2/h4-7H,3H2,1-2H3,(H2,14,15). The lowest BCUT2D eigenvalue weighted by Gasteiger charge is -2.04. The van der Waals surface area contributed by atoms with E-state index in [0.717, 1.165) is 5.56 Å². The summed E-state index contributed by atoms with van der Waals surface area (Å²) >= 11 is 1.25. The average Bonchev–Trinajstić information content (AvgIpc) is 2.81. The largest absolute Gasteiger partial charge is 0.497 e. The first-order valence-corrected chi connectivity index (χ1v) is 6.55. The van der Waals surface area contributed by atoms with Gasteiger partial charge in [0.25, 0.3) is 0 Å². The third kappa shape index (κ3) is 2.85. The van der Waals surface area contributed by atoms with E-state index in [4.69, 9.17) is 15.2 Å². The molecule has 0 spiro atoms. The Hall–Kier alpha value is -2.08. The van der Waals surface area contributed by atoms with Crippen molar-refractivity contribution in [3.63, 3.8) is 0 Å². The average molecular weight is 278 g/mol. The fraction of sp³-hybridized carbons (Fsp3) is 0.231. The number of esters is 1. The molecule has 0 aliphatic rings. The van der Waals surface area contributed by atoms with E-state index in [0.29, 0.717) is 22.4 Å². The van der Waals surface area contributed by atoms with E-state index >= 15 is 0 Å². The number of nitrogen functional groups attached to an aromatic ring is 1. The maximum atomic E-state index is 11.8. The van der Waals surface area contributed by atoms with Crippen molar-refractivity contribution in [1.29, 1.82) is 0 Å². The van der Waals surface area contributed by atoms with Crippen molar-refractivity contribution in [2.75, 3.05) is 19.5 Å². The molecule has 1 heterocycles. The van der Waals surface area contributed by atoms with Crippen LogP contribution in [0.1, 0.15) is 17.4 Å². The zero-order valence-corrected chi connectivity index (χ0v) is 11.5. The van der Waals surface area contributed by atoms with Crippen LogP contribution in [0.2, 0.25) is 0 Å². The minimum atomic E-state index is -0.465. The zero-order chi connectivity index (χ0) is 13.8. The molecule has 1 aromatic carbocycles. The molecule has 0 radical (unpaired) electrons. The predicted octanol–water partition coefficient (Wildman–Crippen LogP) is 2.58. The van der Waals surface area contributed by atoms with Crippen molar-refractivity contribution < 1.29 is 14.3 Å². The Labute approximate surface area is 115 Å². The van der Waals surface area contributed by atoms with Crippen LogP contribution in [0.25, 0.3) is 10.4 Å². The molecular formula is C13H14N2O3S. The highest BCUT2D eigenvalue weighted by Gasteiger charge is 2.19. The second-order valence-electron chi connectivity index (χ2n) is 3.68. The van der Waals surface area contributed by atoms with Crippen molar-refractivity contribution in [3.8, 4) is 16.2 Å². The number of benzene rings is 1. The Balaban J connectivity index is 2.46. The first-order chi connectivity index (χ1) is 9.15. The Bertz CT molecular complexity index is 595. The minimum Gasteiger partial charge on any atom is -0.497 e. The van der Waals surface area contributed by atoms with E-state index in [2.05, 4.69) is 4.98 Å². The summed E-state index contributed by atoms with van der Waals surface area (Å²) in [6.45, 7) is 2.05. The lowest BCUT2D eigenvalue weighted by molar-refractivity contribution is 0.0521. The molecule has 2 aromatic rings. The summed E-state index contributed by atoms with van der Waals surface area (Å²) in [5, 5.41) is 0.334. The summed E-state index contributed by atoms with van der Waals surface area (Å²) in [5.74, 6) is 0.243. The van der Waals surface area contributed by atoms with E-state index in [1.807, 2.05) is 24.3 Å². The van der Waals surface area contributed by atoms with Crippen LogP contribution < -0.4 is 10.5 Å². The van der Waals surface area contributed by atoms with Crippen LogP contribution in [0.15, 0.2) is 24.3 Å². The lowest BCUT2D eigenvalue weighted by atomic mass is 10.1. The second kappa shape index (κ2) is 5.71. The topological polar surface area (TPSA) is 74.4 Å². The van der Waals surface area contributed by atoms with Crippen LogP contribution in [0.5, 0.6) is 5.75 Å². The summed E-state index contributed by atoms with van der Waals surface area (Å²) in [6.07, 6.45) is 0. The fourth-order valence-electron chi connectivity index (χ4n) is 1.63. The quantitative estimate of drug-likeness (QED) is 0.870. The summed E-state index contributed by atoms with van der Waals surface area (Å²) in [6, 6.07) is 7.38. The van der Waals surface area contributed by atoms with Gasteiger partial charge >= 0.3 is 5.97 Å². The number of methoxy groups -OCH3 is 1. The van der Waals surface area contributed by atoms with Crippen molar-refractivity contribution in [1.82, 2.24) is 4.98 Å². The van der Waals surface area contributed by atoms with Crippen LogP contribution >= 0.6 is 11.3 Å². The van der Waals surface area contributed by atoms with Crippen molar-refractivity contribution >= 4 is 22.4 Å². The molecule has 0 aliphatic heterocycles. The van der Waals surface area contributed by atoms with Crippen LogP contribution in [-0.4, -0.2) is 24.7 Å². The monoisotopic (exact) mass is 278 g/mol. The summed E-state index contributed by atoms with van der Waals surface area (Å²) < 4.78 is 10.1. The van der Waals surface area contributed by atoms with Gasteiger partial charge in [-0.25, -0.2) is 9.78 Å². The summed E-state index contributed by atoms with van der Waals surface area (Å²) in [4.78, 5) is 16.6. The SMILES string of the molecule is CCOC(=O)c1nc(N)sc1-c1cccc(OC)c1. The van der Waals surface area contributed by atoms with Gasteiger partial charge in [0.1, 0.15) is 5.75 Å². The normalized spacial score (nSPS) is 10.2. The van der Waals surface area contributed by atoms with Gasteiger partial charge in [0.15, 0.2) is 10.8 Å². The van der Waals surface area contributed by atoms with Crippen LogP contribution in [0.3, 0.4) is 0 Å². The molecule has 1 aromatic heterocycles. The molecule has 0 atom stereocenters. The molecule has 0 saturated heterocycles. The highest BCUT2D eigenvalue weighted by molar-refractivity contribution is 7.19. The molecule has 0 saturated carbocycles. The lowest BCUT2D eigenvalue weighted by Crippen LogP contribution is -2.06. The first kappa shape index (κ1) is 13.4. The molecule has 100 valence electrons. The third-order valence-corrected chi connectivity index (χ3v) is 3.38. The van der Waals surface area contributed by atoms with Crippen molar-refractivity contribution in [2.24, 2.45) is 0 Å². The van der Waals surface area contributed by atoms with Gasteiger partial charge in [-0.15, -0.1) is 0 Å². The van der Waals surface area contributed by atoms with E-state index in [1.54, 1.807) is 14.0 Å². The molecular weight excluding hydrogens is 264 g/mol. The van der Waals surface area contributed by atoms with E-state index in [1.165, 1.54) is 11.3 Å². The zero-order valence-electron chi connectivity index (χ0n) is 10.7. The van der Waals surface area contributed by atoms with Gasteiger partial charge in [0.05, 0.1) is 18.6 Å². The molecule has 0 aliphatic carbocycles. The van der Waals surface area contributed by atoms with E-state index in [-0.39, 0.29) is 5.69 Å². The van der Waals surface area contributed by atoms with Gasteiger partial charge < -0.3 is 15.2 Å². The Morgan fingerprint density at radius 2 is 2.26 bits per heavy atom. The highest BCUT2D eigenvalue weighted by Crippen LogP contribution is 2.33. The van der Waals surface area contributed by atoms with Gasteiger partial charge in [0.2, 0.25) is 0 Å². The maximum Gasteiger partial charge on any atom is 0.358 e. The molecule has 19 heavy (non-hydrogen) atoms. The first-order valence-electron chi connectivity index (χ1n) is 5.73. The van der Waals surface area contributed by atoms with Crippen molar-refractivity contribution in [2.45, 2.75) is 6.92 Å². The number of anilines is 1. The Morgan fingerprint density at radius 3 is 2.95 bits per heavy atom. The molecule has 2 N–H and O–H groups in total. The van der Waals surface area contributed by atoms with Gasteiger partial charge in [-0.3, -0.25) is 0 Å². The molecule has 0 fully saturated rings. The van der Waals surface area contributed by atoms with Crippen molar-refractivity contribution in [3.05, 3.63) is 30.0 Å². The van der Waals surface area contributed by atoms with E-state index < -0.39 is 5.97 Å². The second-order valence-corrected chi connectivity index (χ2v) is 4.71. The third-order valence-electron chi connectivity index (χ3n) is 2.44. The number of nitrogens with zero attached hydrogens (tertiary/aromatic N) is 1. The van der Waals surface area contributed by atoms with Gasteiger partial charge in [-0.2, -0.15) is 0 Å². The molecule has 0 bridgehead atoms. The summed E-state index contributed by atoms with van der Waals surface area (Å²) in [7, 11) is 1.59. The highest BCUT2D eigenvalue weighted by atomic mass is 32.1. The predicted molar refractivity (Wildman–Crippen MR) is 74.5 cm³/mol. The number of rotatable bonds is 4. The smallest absolute Gasteiger partial charge is 0.358 e. The fourth-order valence-corrected chi connectivity index (χ4v) is 2.45. The van der Waals surface area contributed by atoms with Crippen LogP contribution in [0.4, 0.5) is 5.13 Å². The Kier molecular flexibility index (Phi) is 4.01. The molecule has 2 rings (SSSR count). The minimum absolute atomic E-state index is 0.248. The van der Waals surface area contributed by atoms with E-state index in [9.17, 15) is 4.79 Å². The maximum absolute atomic E-state index is 11.8. The number of aromatic nitrogens is 1. The molecule has 5 nitrogen and oxygen atoms in total. The number of hydrogen-bond acceptors (Lipinski definition) is 6. The molecule has 6 heteroatoms. The number of thiazole rings is 1. The van der Waals surface area contributed by atoms with Gasteiger partial charge in [-0.05, 0) is 24.6 Å². The van der Waals surface area contributed by atoms with Crippen LogP contribution in [0, 0.1) is 0 Å². The molecule has 0 amide bonds. The van der Waals surface area contributed by atoms with Gasteiger partial charge in [0, 0.05) is 0 Å². The number of hydrogen-bond donors (Lipinski definition) is 1. The number of carbonyl (C=O) groups is 1. The number of ether oxygens (including phenoxy) is 2. The number of carbonyl (C=O) groups excluding carboxylic acids is 1. The summed E-state index contributed by atoms with van der Waals surface area (Å²) in [5.41, 5.74) is 6.77. The van der Waals surface area contributed by atoms with Crippen LogP contribution in [-0.2, 0) is 4.74 Å². The molecule has 0 unspecified atom stereocenters.